The highest BCUT2D eigenvalue weighted by molar-refractivity contribution is 6.10. The predicted molar refractivity (Wildman–Crippen MR) is 135 cm³/mol. The first kappa shape index (κ1) is 23.9. The molecule has 0 amide bonds. The topological polar surface area (TPSA) is 57.8 Å². The molecule has 1 unspecified atom stereocenters. The van der Waals surface area contributed by atoms with Gasteiger partial charge in [-0.3, -0.25) is 14.7 Å². The van der Waals surface area contributed by atoms with E-state index in [2.05, 4.69) is 40.5 Å². The lowest BCUT2D eigenvalue weighted by molar-refractivity contribution is 0.343. The minimum Gasteiger partial charge on any atom is -0.363 e. The van der Waals surface area contributed by atoms with Crippen LogP contribution in [0.5, 0.6) is 0 Å². The van der Waals surface area contributed by atoms with Crippen molar-refractivity contribution in [1.29, 1.82) is 0 Å². The number of benzene rings is 1. The lowest BCUT2D eigenvalue weighted by Crippen LogP contribution is -2.24. The minimum atomic E-state index is -0.193. The maximum absolute atomic E-state index is 14.2. The first-order valence-electron chi connectivity index (χ1n) is 10.9. The van der Waals surface area contributed by atoms with Gasteiger partial charge >= 0.3 is 0 Å². The molecule has 0 saturated heterocycles. The molecular weight excluding hydrogens is 415 g/mol. The summed E-state index contributed by atoms with van der Waals surface area (Å²) in [6.07, 6.45) is 12.1. The third-order valence-electron chi connectivity index (χ3n) is 5.54. The Kier molecular flexibility index (Phi) is 7.77. The number of aromatic nitrogens is 2. The van der Waals surface area contributed by atoms with E-state index in [0.717, 1.165) is 40.3 Å². The Morgan fingerprint density at radius 3 is 2.73 bits per heavy atom. The average Bonchev–Trinajstić information content (AvgIpc) is 3.11. The Labute approximate surface area is 195 Å². The van der Waals surface area contributed by atoms with E-state index in [1.54, 1.807) is 23.9 Å². The lowest BCUT2D eigenvalue weighted by Gasteiger charge is -2.33. The number of hydrogen-bond donors (Lipinski definition) is 1. The third-order valence-corrected chi connectivity index (χ3v) is 5.54. The molecule has 0 radical (unpaired) electrons. The molecule has 2 heterocycles. The summed E-state index contributed by atoms with van der Waals surface area (Å²) in [6, 6.07) is 5.40. The highest BCUT2D eigenvalue weighted by Gasteiger charge is 2.21. The summed E-state index contributed by atoms with van der Waals surface area (Å²) in [4.78, 5) is 10.6. The van der Waals surface area contributed by atoms with Crippen LogP contribution in [0.1, 0.15) is 36.2 Å². The van der Waals surface area contributed by atoms with Gasteiger partial charge in [0.2, 0.25) is 0 Å². The maximum atomic E-state index is 14.2. The molecule has 7 heteroatoms. The number of allylic oxidation sites excluding steroid dienone is 4. The van der Waals surface area contributed by atoms with Crippen molar-refractivity contribution in [2.24, 2.45) is 17.0 Å². The number of aryl methyl sites for hydroxylation is 3. The van der Waals surface area contributed by atoms with E-state index in [1.807, 2.05) is 56.7 Å². The molecule has 0 saturated carbocycles. The summed E-state index contributed by atoms with van der Waals surface area (Å²) in [5.74, 6) is -0.193. The second kappa shape index (κ2) is 10.7. The Bertz CT molecular complexity index is 1150. The second-order valence-corrected chi connectivity index (χ2v) is 7.93. The first-order chi connectivity index (χ1) is 15.8. The van der Waals surface area contributed by atoms with Crippen LogP contribution in [0.15, 0.2) is 82.9 Å². The Morgan fingerprint density at radius 1 is 1.33 bits per heavy atom. The Balaban J connectivity index is 1.80. The standard InChI is InChI=1S/C26H31FN6/c1-7-26(22-9-8-18(2)23(27)15-22)33-13-11-21(14-19(33)3)24(10-12-28-5)29-17-30-25-16-32(6)31-20(25)4/h8-16,26,30H,3,5,7,17H2,1-2,4,6H3/b12-10-,29-24?. The van der Waals surface area contributed by atoms with Crippen molar-refractivity contribution >= 4 is 18.1 Å². The first-order valence-corrected chi connectivity index (χ1v) is 10.9. The van der Waals surface area contributed by atoms with Crippen LogP contribution < -0.4 is 5.32 Å². The molecule has 0 aliphatic carbocycles. The van der Waals surface area contributed by atoms with Crippen LogP contribution in [0, 0.1) is 19.7 Å². The van der Waals surface area contributed by atoms with Gasteiger partial charge in [-0.2, -0.15) is 5.10 Å². The van der Waals surface area contributed by atoms with E-state index in [-0.39, 0.29) is 11.9 Å². The number of rotatable bonds is 9. The summed E-state index contributed by atoms with van der Waals surface area (Å²) in [5.41, 5.74) is 5.88. The number of aliphatic imine (C=N–C) groups is 2. The van der Waals surface area contributed by atoms with Crippen LogP contribution in [-0.2, 0) is 7.05 Å². The quantitative estimate of drug-likeness (QED) is 0.509. The fourth-order valence-electron chi connectivity index (χ4n) is 3.78. The van der Waals surface area contributed by atoms with Crippen LogP contribution in [0.2, 0.25) is 0 Å². The van der Waals surface area contributed by atoms with Gasteiger partial charge in [-0.25, -0.2) is 4.39 Å². The van der Waals surface area contributed by atoms with Crippen LogP contribution in [-0.4, -0.2) is 33.8 Å². The highest BCUT2D eigenvalue weighted by Crippen LogP contribution is 2.32. The zero-order chi connectivity index (χ0) is 24.0. The summed E-state index contributed by atoms with van der Waals surface area (Å²) in [6.45, 7) is 13.9. The van der Waals surface area contributed by atoms with Gasteiger partial charge in [0.1, 0.15) is 12.5 Å². The van der Waals surface area contributed by atoms with Crippen molar-refractivity contribution in [3.8, 4) is 0 Å². The van der Waals surface area contributed by atoms with E-state index < -0.39 is 0 Å². The summed E-state index contributed by atoms with van der Waals surface area (Å²) in [5, 5.41) is 7.62. The Morgan fingerprint density at radius 2 is 2.12 bits per heavy atom. The molecule has 0 bridgehead atoms. The molecule has 1 atom stereocenters. The van der Waals surface area contributed by atoms with Crippen LogP contribution in [0.25, 0.3) is 0 Å². The molecule has 1 aliphatic heterocycles. The SMILES string of the molecule is C=N/C=C\C(=NCNc1cn(C)nc1C)C1=CC(=C)N(C(CC)c2ccc(C)c(F)c2)C=C1. The fraction of sp³-hybridized carbons (Fsp3) is 0.269. The van der Waals surface area contributed by atoms with E-state index >= 15 is 0 Å². The number of nitrogens with zero attached hydrogens (tertiary/aromatic N) is 5. The monoisotopic (exact) mass is 446 g/mol. The average molecular weight is 447 g/mol. The third kappa shape index (κ3) is 5.74. The van der Waals surface area contributed by atoms with Gasteiger partial charge in [-0.05, 0) is 62.4 Å². The van der Waals surface area contributed by atoms with E-state index in [1.165, 1.54) is 0 Å². The molecule has 0 fully saturated rings. The fourth-order valence-corrected chi connectivity index (χ4v) is 3.78. The van der Waals surface area contributed by atoms with Crippen molar-refractivity contribution in [3.63, 3.8) is 0 Å². The zero-order valence-electron chi connectivity index (χ0n) is 19.7. The minimum absolute atomic E-state index is 0.0114. The maximum Gasteiger partial charge on any atom is 0.126 e. The molecule has 3 rings (SSSR count). The van der Waals surface area contributed by atoms with Crippen molar-refractivity contribution < 1.29 is 4.39 Å². The highest BCUT2D eigenvalue weighted by atomic mass is 19.1. The van der Waals surface area contributed by atoms with Crippen molar-refractivity contribution in [1.82, 2.24) is 14.7 Å². The molecule has 1 aromatic heterocycles. The number of nitrogens with one attached hydrogen (secondary N) is 1. The molecule has 2 aromatic rings. The number of hydrogen-bond acceptors (Lipinski definition) is 5. The van der Waals surface area contributed by atoms with E-state index in [0.29, 0.717) is 12.2 Å². The van der Waals surface area contributed by atoms with E-state index in [9.17, 15) is 4.39 Å². The summed E-state index contributed by atoms with van der Waals surface area (Å²) in [7, 11) is 1.88. The lowest BCUT2D eigenvalue weighted by atomic mass is 9.98. The second-order valence-electron chi connectivity index (χ2n) is 7.93. The van der Waals surface area contributed by atoms with Crippen molar-refractivity contribution in [2.75, 3.05) is 12.0 Å². The molecule has 172 valence electrons. The summed E-state index contributed by atoms with van der Waals surface area (Å²) < 4.78 is 15.9. The van der Waals surface area contributed by atoms with Crippen LogP contribution in [0.3, 0.4) is 0 Å². The van der Waals surface area contributed by atoms with Crippen LogP contribution >= 0.6 is 0 Å². The molecule has 1 aromatic carbocycles. The molecule has 33 heavy (non-hydrogen) atoms. The van der Waals surface area contributed by atoms with E-state index in [4.69, 9.17) is 4.99 Å². The van der Waals surface area contributed by atoms with Gasteiger partial charge in [-0.1, -0.05) is 25.6 Å². The van der Waals surface area contributed by atoms with Gasteiger partial charge in [0.05, 0.1) is 23.1 Å². The summed E-state index contributed by atoms with van der Waals surface area (Å²) >= 11 is 0. The number of anilines is 1. The van der Waals surface area contributed by atoms with Gasteiger partial charge in [0.15, 0.2) is 0 Å². The van der Waals surface area contributed by atoms with Gasteiger partial charge in [0.25, 0.3) is 0 Å². The van der Waals surface area contributed by atoms with Gasteiger partial charge in [0, 0.05) is 36.9 Å². The van der Waals surface area contributed by atoms with Crippen molar-refractivity contribution in [2.45, 2.75) is 33.2 Å². The van der Waals surface area contributed by atoms with Gasteiger partial charge < -0.3 is 10.2 Å². The van der Waals surface area contributed by atoms with Crippen molar-refractivity contribution in [3.05, 3.63) is 95.5 Å². The Hall–Kier alpha value is -3.74. The predicted octanol–water partition coefficient (Wildman–Crippen LogP) is 5.62. The number of halogens is 1. The normalized spacial score (nSPS) is 15.2. The molecule has 1 N–H and O–H groups in total. The zero-order valence-corrected chi connectivity index (χ0v) is 19.7. The van der Waals surface area contributed by atoms with Gasteiger partial charge in [-0.15, -0.1) is 0 Å². The smallest absolute Gasteiger partial charge is 0.126 e. The molecule has 6 nitrogen and oxygen atoms in total. The largest absolute Gasteiger partial charge is 0.363 e. The molecular formula is C26H31FN6. The molecule has 0 spiro atoms. The molecule has 1 aliphatic rings. The van der Waals surface area contributed by atoms with Crippen LogP contribution in [0.4, 0.5) is 10.1 Å².